The average Bonchev–Trinajstić information content (AvgIpc) is 2.45. The van der Waals surface area contributed by atoms with E-state index in [0.717, 1.165) is 12.8 Å². The number of hydrogen-bond acceptors (Lipinski definition) is 3. The fourth-order valence-electron chi connectivity index (χ4n) is 2.65. The molecule has 1 aliphatic carbocycles. The van der Waals surface area contributed by atoms with E-state index in [2.05, 4.69) is 5.32 Å². The van der Waals surface area contributed by atoms with Crippen molar-refractivity contribution in [2.24, 2.45) is 11.8 Å². The molecule has 1 fully saturated rings. The minimum Gasteiger partial charge on any atom is -0.481 e. The summed E-state index contributed by atoms with van der Waals surface area (Å²) >= 11 is 0. The van der Waals surface area contributed by atoms with Crippen LogP contribution in [0.15, 0.2) is 18.2 Å². The number of carbonyl (C=O) groups is 1. The second kappa shape index (κ2) is 6.38. The van der Waals surface area contributed by atoms with Crippen molar-refractivity contribution in [2.45, 2.75) is 25.7 Å². The van der Waals surface area contributed by atoms with Gasteiger partial charge in [0.1, 0.15) is 17.4 Å². The maximum atomic E-state index is 13.4. The van der Waals surface area contributed by atoms with E-state index in [1.165, 1.54) is 6.07 Å². The van der Waals surface area contributed by atoms with Crippen LogP contribution >= 0.6 is 0 Å². The highest BCUT2D eigenvalue weighted by molar-refractivity contribution is 5.70. The second-order valence-corrected chi connectivity index (χ2v) is 5.21. The molecule has 1 aliphatic rings. The molecule has 0 aliphatic heterocycles. The highest BCUT2D eigenvalue weighted by atomic mass is 19.1. The molecule has 20 heavy (non-hydrogen) atoms. The number of anilines is 1. The number of carboxylic acid groups (broad SMARTS) is 1. The van der Waals surface area contributed by atoms with Crippen molar-refractivity contribution >= 4 is 11.7 Å². The van der Waals surface area contributed by atoms with Crippen LogP contribution in [0.1, 0.15) is 31.2 Å². The molecule has 5 heteroatoms. The van der Waals surface area contributed by atoms with E-state index in [0.29, 0.717) is 31.0 Å². The Bertz CT molecular complexity index is 531. The minimum atomic E-state index is -0.715. The normalized spacial score (nSPS) is 22.0. The van der Waals surface area contributed by atoms with E-state index < -0.39 is 11.8 Å². The molecule has 0 spiro atoms. The lowest BCUT2D eigenvalue weighted by molar-refractivity contribution is -0.143. The number of nitriles is 1. The van der Waals surface area contributed by atoms with Crippen LogP contribution < -0.4 is 5.32 Å². The number of halogens is 1. The third-order valence-electron chi connectivity index (χ3n) is 3.90. The lowest BCUT2D eigenvalue weighted by Crippen LogP contribution is -2.25. The standard InChI is InChI=1S/C15H17FN2O2/c16-13-2-1-3-14(12(13)8-17)18-9-10-4-6-11(7-5-10)15(19)20/h1-3,10-11,18H,4-7,9H2,(H,19,20). The Morgan fingerprint density at radius 2 is 2.10 bits per heavy atom. The molecule has 4 nitrogen and oxygen atoms in total. The van der Waals surface area contributed by atoms with Crippen molar-refractivity contribution in [1.82, 2.24) is 0 Å². The van der Waals surface area contributed by atoms with E-state index >= 15 is 0 Å². The first-order valence-corrected chi connectivity index (χ1v) is 6.77. The van der Waals surface area contributed by atoms with Crippen molar-refractivity contribution in [3.8, 4) is 6.07 Å². The molecule has 2 N–H and O–H groups in total. The maximum absolute atomic E-state index is 13.4. The summed E-state index contributed by atoms with van der Waals surface area (Å²) < 4.78 is 13.4. The van der Waals surface area contributed by atoms with Gasteiger partial charge in [0, 0.05) is 6.54 Å². The van der Waals surface area contributed by atoms with Crippen molar-refractivity contribution in [1.29, 1.82) is 5.26 Å². The van der Waals surface area contributed by atoms with Crippen molar-refractivity contribution in [3.63, 3.8) is 0 Å². The molecule has 0 bridgehead atoms. The zero-order valence-electron chi connectivity index (χ0n) is 11.1. The monoisotopic (exact) mass is 276 g/mol. The molecule has 1 aromatic carbocycles. The van der Waals surface area contributed by atoms with Crippen LogP contribution in [0.2, 0.25) is 0 Å². The second-order valence-electron chi connectivity index (χ2n) is 5.21. The third kappa shape index (κ3) is 3.27. The predicted octanol–water partition coefficient (Wildman–Crippen LogP) is 3.00. The lowest BCUT2D eigenvalue weighted by Gasteiger charge is -2.26. The molecule has 0 radical (unpaired) electrons. The highest BCUT2D eigenvalue weighted by Gasteiger charge is 2.25. The summed E-state index contributed by atoms with van der Waals surface area (Å²) in [6.07, 6.45) is 3.08. The van der Waals surface area contributed by atoms with E-state index in [4.69, 9.17) is 10.4 Å². The van der Waals surface area contributed by atoms with E-state index in [-0.39, 0.29) is 11.5 Å². The van der Waals surface area contributed by atoms with Crippen LogP contribution in [0.3, 0.4) is 0 Å². The molecule has 0 heterocycles. The summed E-state index contributed by atoms with van der Waals surface area (Å²) in [4.78, 5) is 10.9. The molecule has 0 saturated heterocycles. The lowest BCUT2D eigenvalue weighted by atomic mass is 9.82. The Morgan fingerprint density at radius 1 is 1.40 bits per heavy atom. The summed E-state index contributed by atoms with van der Waals surface area (Å²) in [5.41, 5.74) is 0.541. The van der Waals surface area contributed by atoms with Gasteiger partial charge in [-0.1, -0.05) is 6.07 Å². The van der Waals surface area contributed by atoms with Crippen molar-refractivity contribution in [3.05, 3.63) is 29.6 Å². The molecular formula is C15H17FN2O2. The van der Waals surface area contributed by atoms with Gasteiger partial charge in [0.25, 0.3) is 0 Å². The number of benzene rings is 1. The van der Waals surface area contributed by atoms with Crippen LogP contribution in [0.4, 0.5) is 10.1 Å². The van der Waals surface area contributed by atoms with E-state index in [1.54, 1.807) is 12.1 Å². The van der Waals surface area contributed by atoms with Crippen LogP contribution in [0.5, 0.6) is 0 Å². The first-order chi connectivity index (χ1) is 9.61. The molecule has 0 aromatic heterocycles. The SMILES string of the molecule is N#Cc1c(F)cccc1NCC1CCC(C(=O)O)CC1. The quantitative estimate of drug-likeness (QED) is 0.886. The Morgan fingerprint density at radius 3 is 2.70 bits per heavy atom. The van der Waals surface area contributed by atoms with Gasteiger partial charge in [0.05, 0.1) is 11.6 Å². The summed E-state index contributed by atoms with van der Waals surface area (Å²) in [7, 11) is 0. The average molecular weight is 276 g/mol. The maximum Gasteiger partial charge on any atom is 0.306 e. The van der Waals surface area contributed by atoms with Crippen molar-refractivity contribution in [2.75, 3.05) is 11.9 Å². The molecule has 0 unspecified atom stereocenters. The summed E-state index contributed by atoms with van der Waals surface area (Å²) in [6, 6.07) is 6.38. The third-order valence-corrected chi connectivity index (χ3v) is 3.90. The van der Waals surface area contributed by atoms with E-state index in [1.807, 2.05) is 6.07 Å². The van der Waals surface area contributed by atoms with Gasteiger partial charge in [0.15, 0.2) is 0 Å². The van der Waals surface area contributed by atoms with Gasteiger partial charge in [-0.15, -0.1) is 0 Å². The molecule has 1 saturated carbocycles. The topological polar surface area (TPSA) is 73.1 Å². The van der Waals surface area contributed by atoms with Gasteiger partial charge in [-0.25, -0.2) is 4.39 Å². The van der Waals surface area contributed by atoms with Crippen LogP contribution in [-0.2, 0) is 4.79 Å². The molecular weight excluding hydrogens is 259 g/mol. The highest BCUT2D eigenvalue weighted by Crippen LogP contribution is 2.29. The minimum absolute atomic E-state index is 0.0340. The van der Waals surface area contributed by atoms with Gasteiger partial charge in [-0.05, 0) is 43.7 Å². The van der Waals surface area contributed by atoms with Gasteiger partial charge < -0.3 is 10.4 Å². The van der Waals surface area contributed by atoms with Gasteiger partial charge in [-0.2, -0.15) is 5.26 Å². The molecule has 2 rings (SSSR count). The first-order valence-electron chi connectivity index (χ1n) is 6.77. The fraction of sp³-hybridized carbons (Fsp3) is 0.467. The summed E-state index contributed by atoms with van der Waals surface area (Å²) in [6.45, 7) is 0.643. The Balaban J connectivity index is 1.90. The molecule has 106 valence electrons. The Kier molecular flexibility index (Phi) is 4.57. The van der Waals surface area contributed by atoms with Crippen LogP contribution in [-0.4, -0.2) is 17.6 Å². The van der Waals surface area contributed by atoms with Crippen molar-refractivity contribution < 1.29 is 14.3 Å². The largest absolute Gasteiger partial charge is 0.481 e. The number of aliphatic carboxylic acids is 1. The van der Waals surface area contributed by atoms with E-state index in [9.17, 15) is 9.18 Å². The fourth-order valence-corrected chi connectivity index (χ4v) is 2.65. The number of carboxylic acids is 1. The molecule has 0 amide bonds. The van der Waals surface area contributed by atoms with Crippen LogP contribution in [0.25, 0.3) is 0 Å². The molecule has 0 atom stereocenters. The summed E-state index contributed by atoms with van der Waals surface area (Å²) in [5.74, 6) is -1.09. The van der Waals surface area contributed by atoms with Gasteiger partial charge in [-0.3, -0.25) is 4.79 Å². The number of nitrogens with zero attached hydrogens (tertiary/aromatic N) is 1. The van der Waals surface area contributed by atoms with Gasteiger partial charge >= 0.3 is 5.97 Å². The smallest absolute Gasteiger partial charge is 0.306 e. The van der Waals surface area contributed by atoms with Crippen LogP contribution in [0, 0.1) is 29.0 Å². The zero-order valence-corrected chi connectivity index (χ0v) is 11.1. The summed E-state index contributed by atoms with van der Waals surface area (Å²) in [5, 5.41) is 21.0. The number of hydrogen-bond donors (Lipinski definition) is 2. The van der Waals surface area contributed by atoms with Gasteiger partial charge in [0.2, 0.25) is 0 Å². The Hall–Kier alpha value is -2.09. The Labute approximate surface area is 117 Å². The number of nitrogens with one attached hydrogen (secondary N) is 1. The zero-order chi connectivity index (χ0) is 14.5. The number of rotatable bonds is 4. The molecule has 1 aromatic rings. The predicted molar refractivity (Wildman–Crippen MR) is 72.7 cm³/mol. The first kappa shape index (κ1) is 14.3.